The molecule has 0 N–H and O–H groups in total. The maximum atomic E-state index is 8.83. The van der Waals surface area contributed by atoms with Gasteiger partial charge < -0.3 is 4.57 Å². The van der Waals surface area contributed by atoms with Crippen molar-refractivity contribution in [1.29, 1.82) is 5.26 Å². The predicted molar refractivity (Wildman–Crippen MR) is 156 cm³/mol. The third-order valence-corrected chi connectivity index (χ3v) is 10.9. The van der Waals surface area contributed by atoms with Crippen LogP contribution in [-0.2, 0) is 6.54 Å². The van der Waals surface area contributed by atoms with E-state index < -0.39 is 7.26 Å². The van der Waals surface area contributed by atoms with Gasteiger partial charge in [-0.1, -0.05) is 60.7 Å². The van der Waals surface area contributed by atoms with E-state index in [0.29, 0.717) is 11.4 Å². The Hall–Kier alpha value is -2.89. The van der Waals surface area contributed by atoms with Gasteiger partial charge in [0.05, 0.1) is 28.4 Å². The lowest BCUT2D eigenvalue weighted by Crippen LogP contribution is -2.30. The van der Waals surface area contributed by atoms with Gasteiger partial charge in [0.1, 0.15) is 23.2 Å². The Bertz CT molecular complexity index is 1330. The Morgan fingerprint density at radius 2 is 1.26 bits per heavy atom. The smallest absolute Gasteiger partial charge is 0.109 e. The minimum Gasteiger partial charge on any atom is -0.334 e. The molecule has 2 nitrogen and oxygen atoms in total. The van der Waals surface area contributed by atoms with Crippen LogP contribution in [0.3, 0.4) is 0 Å². The Labute approximate surface area is 221 Å². The summed E-state index contributed by atoms with van der Waals surface area (Å²) in [6.45, 7) is 3.15. The molecule has 5 heteroatoms. The molecule has 174 valence electrons. The molecule has 1 aromatic heterocycles. The minimum absolute atomic E-state index is 0.555. The van der Waals surface area contributed by atoms with Crippen molar-refractivity contribution in [2.75, 3.05) is 12.5 Å². The van der Waals surface area contributed by atoms with Crippen LogP contribution in [0.15, 0.2) is 120 Å². The van der Waals surface area contributed by atoms with Crippen LogP contribution >= 0.6 is 34.8 Å². The Morgan fingerprint density at radius 1 is 0.771 bits per heavy atom. The molecule has 0 saturated heterocycles. The lowest BCUT2D eigenvalue weighted by Gasteiger charge is -2.22. The van der Waals surface area contributed by atoms with E-state index in [-0.39, 0.29) is 0 Å². The van der Waals surface area contributed by atoms with Crippen LogP contribution in [0.2, 0.25) is 0 Å². The van der Waals surface area contributed by atoms with Gasteiger partial charge >= 0.3 is 0 Å². The summed E-state index contributed by atoms with van der Waals surface area (Å²) < 4.78 is 3.05. The number of rotatable bonds is 5. The van der Waals surface area contributed by atoms with Crippen LogP contribution in [0.4, 0.5) is 0 Å². The van der Waals surface area contributed by atoms with Gasteiger partial charge in [-0.15, -0.1) is 11.6 Å². The van der Waals surface area contributed by atoms with Gasteiger partial charge in [-0.05, 0) is 70.5 Å². The first-order chi connectivity index (χ1) is 17.1. The summed E-state index contributed by atoms with van der Waals surface area (Å²) in [5, 5.41) is 14.2. The van der Waals surface area contributed by atoms with Crippen LogP contribution in [0.1, 0.15) is 5.56 Å². The molecule has 35 heavy (non-hydrogen) atoms. The first-order valence-corrected chi connectivity index (χ1v) is 14.9. The van der Waals surface area contributed by atoms with Crippen molar-refractivity contribution >= 4 is 61.6 Å². The Kier molecular flexibility index (Phi) is 8.42. The summed E-state index contributed by atoms with van der Waals surface area (Å²) in [5.41, 5.74) is 1.71. The van der Waals surface area contributed by atoms with E-state index in [0.717, 1.165) is 22.1 Å². The molecule has 0 radical (unpaired) electrons. The number of hydrogen-bond donors (Lipinski definition) is 0. The normalized spacial score (nSPS) is 10.9. The summed E-state index contributed by atoms with van der Waals surface area (Å²) in [7, 11) is -1.53. The molecule has 0 unspecified atom stereocenters. The van der Waals surface area contributed by atoms with Crippen molar-refractivity contribution in [3.63, 3.8) is 0 Å². The number of hydrogen-bond acceptors (Lipinski definition) is 1. The van der Waals surface area contributed by atoms with Crippen molar-refractivity contribution in [3.8, 4) is 6.07 Å². The molecule has 0 aliphatic rings. The number of aromatic nitrogens is 1. The second kappa shape index (κ2) is 11.7. The summed E-state index contributed by atoms with van der Waals surface area (Å²) >= 11 is 9.21. The molecule has 0 spiro atoms. The third-order valence-electron chi connectivity index (χ3n) is 6.11. The lowest BCUT2D eigenvalue weighted by molar-refractivity contribution is 0.785. The van der Waals surface area contributed by atoms with Gasteiger partial charge in [-0.2, -0.15) is 5.26 Å². The quantitative estimate of drug-likeness (QED) is 0.166. The van der Waals surface area contributed by atoms with Crippen molar-refractivity contribution in [1.82, 2.24) is 4.57 Å². The number of fused-ring (bicyclic) bond motifs is 1. The van der Waals surface area contributed by atoms with E-state index in [1.54, 1.807) is 0 Å². The van der Waals surface area contributed by atoms with Crippen LogP contribution < -0.4 is 15.9 Å². The molecule has 0 saturated carbocycles. The second-order valence-corrected chi connectivity index (χ2v) is 13.0. The molecular formula is C30H26BrClN2P+. The van der Waals surface area contributed by atoms with E-state index in [1.165, 1.54) is 15.9 Å². The second-order valence-electron chi connectivity index (χ2n) is 8.21. The number of alkyl halides is 1. The zero-order valence-electron chi connectivity index (χ0n) is 19.5. The van der Waals surface area contributed by atoms with Gasteiger partial charge in [0, 0.05) is 17.8 Å². The van der Waals surface area contributed by atoms with Gasteiger partial charge in [0.2, 0.25) is 0 Å². The van der Waals surface area contributed by atoms with E-state index >= 15 is 0 Å². The number of nitrogens with zero attached hydrogens (tertiary/aromatic N) is 2. The van der Waals surface area contributed by atoms with E-state index in [4.69, 9.17) is 16.9 Å². The summed E-state index contributed by atoms with van der Waals surface area (Å²) in [4.78, 5) is 0. The standard InChI is InChI=1S/C19H18P.C11H8BrClN2/c1-20(17-11-5-2-6-12-17,18-13-7-3-8-14-18)19-15-9-4-10-16-19;12-11-6-9-2-1-8(7-14)5-10(9)15(11)4-3-13/h2-16H,1H3;1-2,5-6H,3-4H2/q+1;. The molecule has 0 fully saturated rings. The summed E-state index contributed by atoms with van der Waals surface area (Å²) in [6, 6.07) is 42.5. The fraction of sp³-hybridized carbons (Fsp3) is 0.100. The molecule has 4 aromatic carbocycles. The molecule has 1 heterocycles. The number of aryl methyl sites for hydroxylation is 1. The number of nitriles is 1. The van der Waals surface area contributed by atoms with Gasteiger partial charge in [0.25, 0.3) is 0 Å². The van der Waals surface area contributed by atoms with Crippen molar-refractivity contribution in [2.24, 2.45) is 0 Å². The molecule has 0 aliphatic heterocycles. The van der Waals surface area contributed by atoms with Gasteiger partial charge in [-0.3, -0.25) is 0 Å². The molecule has 5 rings (SSSR count). The lowest BCUT2D eigenvalue weighted by atomic mass is 10.2. The molecule has 0 bridgehead atoms. The predicted octanol–water partition coefficient (Wildman–Crippen LogP) is 7.12. The maximum absolute atomic E-state index is 8.83. The Morgan fingerprint density at radius 3 is 1.69 bits per heavy atom. The van der Waals surface area contributed by atoms with Crippen LogP contribution in [-0.4, -0.2) is 17.1 Å². The van der Waals surface area contributed by atoms with Gasteiger partial charge in [0.15, 0.2) is 0 Å². The summed E-state index contributed by atoms with van der Waals surface area (Å²) in [5.74, 6) is 0.555. The highest BCUT2D eigenvalue weighted by atomic mass is 79.9. The Balaban J connectivity index is 0.000000172. The first-order valence-electron chi connectivity index (χ1n) is 11.4. The zero-order valence-corrected chi connectivity index (χ0v) is 22.7. The number of benzene rings is 4. The monoisotopic (exact) mass is 559 g/mol. The molecule has 0 amide bonds. The SMILES string of the molecule is C[P+](c1ccccc1)(c1ccccc1)c1ccccc1.N#Cc1ccc2cc(Br)n(CCCl)c2c1. The fourth-order valence-electron chi connectivity index (χ4n) is 4.23. The molecular weight excluding hydrogens is 535 g/mol. The molecule has 0 atom stereocenters. The average Bonchev–Trinajstić information content (AvgIpc) is 3.24. The van der Waals surface area contributed by atoms with Crippen molar-refractivity contribution in [2.45, 2.75) is 6.54 Å². The highest BCUT2D eigenvalue weighted by molar-refractivity contribution is 9.10. The zero-order chi connectivity index (χ0) is 24.7. The van der Waals surface area contributed by atoms with E-state index in [1.807, 2.05) is 24.3 Å². The average molecular weight is 561 g/mol. The van der Waals surface area contributed by atoms with Crippen LogP contribution in [0.5, 0.6) is 0 Å². The highest BCUT2D eigenvalue weighted by Gasteiger charge is 2.39. The minimum atomic E-state index is -1.53. The molecule has 5 aromatic rings. The van der Waals surface area contributed by atoms with E-state index in [2.05, 4.69) is 124 Å². The summed E-state index contributed by atoms with van der Waals surface area (Å²) in [6.07, 6.45) is 0. The van der Waals surface area contributed by atoms with Crippen LogP contribution in [0, 0.1) is 11.3 Å². The number of halogens is 2. The van der Waals surface area contributed by atoms with Crippen LogP contribution in [0.25, 0.3) is 10.9 Å². The maximum Gasteiger partial charge on any atom is 0.109 e. The molecule has 0 aliphatic carbocycles. The third kappa shape index (κ3) is 5.52. The highest BCUT2D eigenvalue weighted by Crippen LogP contribution is 2.51. The van der Waals surface area contributed by atoms with Crippen molar-refractivity contribution in [3.05, 3.63) is 125 Å². The largest absolute Gasteiger partial charge is 0.334 e. The first kappa shape index (κ1) is 25.2. The van der Waals surface area contributed by atoms with Gasteiger partial charge in [-0.25, -0.2) is 0 Å². The topological polar surface area (TPSA) is 28.7 Å². The fourth-order valence-corrected chi connectivity index (χ4v) is 8.21. The van der Waals surface area contributed by atoms with E-state index in [9.17, 15) is 0 Å². The van der Waals surface area contributed by atoms with Crippen molar-refractivity contribution < 1.29 is 0 Å².